The summed E-state index contributed by atoms with van der Waals surface area (Å²) in [5.41, 5.74) is -0.443. The van der Waals surface area contributed by atoms with Crippen LogP contribution in [0, 0.1) is 11.3 Å². The van der Waals surface area contributed by atoms with E-state index >= 15 is 0 Å². The van der Waals surface area contributed by atoms with Crippen LogP contribution in [0.15, 0.2) is 54.2 Å². The van der Waals surface area contributed by atoms with Crippen molar-refractivity contribution in [3.8, 4) is 11.8 Å². The van der Waals surface area contributed by atoms with Crippen molar-refractivity contribution in [3.05, 3.63) is 70.4 Å². The predicted molar refractivity (Wildman–Crippen MR) is 103 cm³/mol. The van der Waals surface area contributed by atoms with Crippen molar-refractivity contribution in [2.75, 3.05) is 19.0 Å². The van der Waals surface area contributed by atoms with E-state index in [1.807, 2.05) is 24.3 Å². The molecule has 5 nitrogen and oxygen atoms in total. The predicted octanol–water partition coefficient (Wildman–Crippen LogP) is 4.55. The van der Waals surface area contributed by atoms with E-state index in [4.69, 9.17) is 21.6 Å². The van der Waals surface area contributed by atoms with Gasteiger partial charge in [0.1, 0.15) is 17.4 Å². The Morgan fingerprint density at radius 1 is 1.24 bits per heavy atom. The average molecular weight is 424 g/mol. The lowest BCUT2D eigenvalue weighted by molar-refractivity contribution is -0.137. The van der Waals surface area contributed by atoms with Crippen molar-refractivity contribution in [3.63, 3.8) is 0 Å². The molecule has 0 aliphatic heterocycles. The first-order valence-corrected chi connectivity index (χ1v) is 8.77. The van der Waals surface area contributed by atoms with Crippen LogP contribution in [0.2, 0.25) is 5.02 Å². The van der Waals surface area contributed by atoms with Crippen LogP contribution in [0.3, 0.4) is 0 Å². The molecule has 0 fully saturated rings. The molecule has 0 saturated carbocycles. The van der Waals surface area contributed by atoms with Crippen LogP contribution in [0.25, 0.3) is 0 Å². The van der Waals surface area contributed by atoms with Crippen LogP contribution in [0.5, 0.6) is 5.75 Å². The maximum atomic E-state index is 12.9. The number of nitrogens with zero attached hydrogens (tertiary/aromatic N) is 1. The van der Waals surface area contributed by atoms with E-state index in [2.05, 4.69) is 10.6 Å². The van der Waals surface area contributed by atoms with Crippen molar-refractivity contribution in [1.29, 1.82) is 5.26 Å². The van der Waals surface area contributed by atoms with Gasteiger partial charge in [0.25, 0.3) is 5.91 Å². The molecule has 2 aromatic rings. The van der Waals surface area contributed by atoms with E-state index < -0.39 is 22.7 Å². The highest BCUT2D eigenvalue weighted by atomic mass is 35.5. The summed E-state index contributed by atoms with van der Waals surface area (Å²) >= 11 is 5.55. The molecule has 0 unspecified atom stereocenters. The number of hydrogen-bond donors (Lipinski definition) is 2. The first kappa shape index (κ1) is 22.1. The molecule has 2 aromatic carbocycles. The topological polar surface area (TPSA) is 74.1 Å². The second-order valence-corrected chi connectivity index (χ2v) is 6.28. The minimum Gasteiger partial charge on any atom is -0.497 e. The number of carbonyl (C=O) groups is 1. The summed E-state index contributed by atoms with van der Waals surface area (Å²) in [5.74, 6) is -0.0965. The molecule has 0 aliphatic carbocycles. The fraction of sp³-hybridized carbons (Fsp3) is 0.200. The molecule has 2 rings (SSSR count). The summed E-state index contributed by atoms with van der Waals surface area (Å²) in [6, 6.07) is 12.1. The van der Waals surface area contributed by atoms with Crippen LogP contribution in [0.1, 0.15) is 11.1 Å². The molecular formula is C20H17ClF3N3O2. The number of amides is 1. The largest absolute Gasteiger partial charge is 0.497 e. The van der Waals surface area contributed by atoms with Crippen molar-refractivity contribution in [2.24, 2.45) is 0 Å². The number of ether oxygens (including phenoxy) is 1. The lowest BCUT2D eigenvalue weighted by Crippen LogP contribution is -2.18. The van der Waals surface area contributed by atoms with Crippen LogP contribution in [-0.2, 0) is 17.4 Å². The van der Waals surface area contributed by atoms with Crippen molar-refractivity contribution in [1.82, 2.24) is 5.32 Å². The van der Waals surface area contributed by atoms with Gasteiger partial charge in [-0.2, -0.15) is 18.4 Å². The number of hydrogen-bond acceptors (Lipinski definition) is 4. The second-order valence-electron chi connectivity index (χ2n) is 5.87. The Labute approximate surface area is 170 Å². The molecule has 0 saturated heterocycles. The van der Waals surface area contributed by atoms with Gasteiger partial charge in [-0.1, -0.05) is 23.7 Å². The number of rotatable bonds is 7. The summed E-state index contributed by atoms with van der Waals surface area (Å²) in [7, 11) is 1.57. The monoisotopic (exact) mass is 423 g/mol. The summed E-state index contributed by atoms with van der Waals surface area (Å²) in [6.07, 6.45) is -2.80. The Hall–Kier alpha value is -3.18. The smallest absolute Gasteiger partial charge is 0.417 e. The molecule has 152 valence electrons. The third-order valence-electron chi connectivity index (χ3n) is 3.86. The van der Waals surface area contributed by atoms with E-state index in [0.717, 1.165) is 17.4 Å². The SMILES string of the molecule is COc1ccc(CCN/C=C(/C#N)C(=O)Nc2ccc(Cl)c(C(F)(F)F)c2)cc1. The summed E-state index contributed by atoms with van der Waals surface area (Å²) < 4.78 is 43.8. The third-order valence-corrected chi connectivity index (χ3v) is 4.19. The maximum Gasteiger partial charge on any atom is 0.417 e. The zero-order valence-electron chi connectivity index (χ0n) is 15.3. The molecule has 0 aliphatic rings. The number of nitriles is 1. The average Bonchev–Trinajstić information content (AvgIpc) is 2.69. The number of alkyl halides is 3. The summed E-state index contributed by atoms with van der Waals surface area (Å²) in [6.45, 7) is 0.448. The molecule has 0 aromatic heterocycles. The molecule has 1 amide bonds. The van der Waals surface area contributed by atoms with Crippen molar-refractivity contribution < 1.29 is 22.7 Å². The minimum absolute atomic E-state index is 0.119. The number of nitrogens with one attached hydrogen (secondary N) is 2. The van der Waals surface area contributed by atoms with E-state index in [9.17, 15) is 18.0 Å². The van der Waals surface area contributed by atoms with Gasteiger partial charge in [0.05, 0.1) is 17.7 Å². The van der Waals surface area contributed by atoms with Crippen LogP contribution >= 0.6 is 11.6 Å². The number of halogens is 4. The van der Waals surface area contributed by atoms with E-state index in [0.29, 0.717) is 19.0 Å². The van der Waals surface area contributed by atoms with Gasteiger partial charge >= 0.3 is 6.18 Å². The van der Waals surface area contributed by atoms with Crippen molar-refractivity contribution >= 4 is 23.2 Å². The molecule has 2 N–H and O–H groups in total. The standard InChI is InChI=1S/C20H17ClF3N3O2/c1-29-16-5-2-13(3-6-16)8-9-26-12-14(11-25)19(28)27-15-4-7-18(21)17(10-15)20(22,23)24/h2-7,10,12,26H,8-9H2,1H3,(H,27,28)/b14-12-. The Kier molecular flexibility index (Phi) is 7.51. The molecule has 0 radical (unpaired) electrons. The van der Waals surface area contributed by atoms with Gasteiger partial charge in [0, 0.05) is 18.4 Å². The minimum atomic E-state index is -4.66. The third kappa shape index (κ3) is 6.43. The van der Waals surface area contributed by atoms with Gasteiger partial charge in [-0.25, -0.2) is 0 Å². The quantitative estimate of drug-likeness (QED) is 0.389. The van der Waals surface area contributed by atoms with E-state index in [1.54, 1.807) is 13.2 Å². The highest BCUT2D eigenvalue weighted by molar-refractivity contribution is 6.31. The van der Waals surface area contributed by atoms with Gasteiger partial charge < -0.3 is 15.4 Å². The molecular weight excluding hydrogens is 407 g/mol. The lowest BCUT2D eigenvalue weighted by Gasteiger charge is -2.11. The molecule has 0 heterocycles. The Bertz CT molecular complexity index is 935. The van der Waals surface area contributed by atoms with Crippen LogP contribution in [-0.4, -0.2) is 19.6 Å². The maximum absolute atomic E-state index is 12.9. The normalized spacial score (nSPS) is 11.5. The highest BCUT2D eigenvalue weighted by Gasteiger charge is 2.33. The fourth-order valence-electron chi connectivity index (χ4n) is 2.35. The number of carbonyl (C=O) groups excluding carboxylic acids is 1. The molecule has 0 atom stereocenters. The molecule has 0 spiro atoms. The van der Waals surface area contributed by atoms with Gasteiger partial charge in [0.2, 0.25) is 0 Å². The van der Waals surface area contributed by atoms with Gasteiger partial charge in [-0.05, 0) is 42.3 Å². The second kappa shape index (κ2) is 9.85. The summed E-state index contributed by atoms with van der Waals surface area (Å²) in [4.78, 5) is 12.2. The van der Waals surface area contributed by atoms with Gasteiger partial charge in [-0.3, -0.25) is 4.79 Å². The van der Waals surface area contributed by atoms with Crippen LogP contribution < -0.4 is 15.4 Å². The number of benzene rings is 2. The molecule has 0 bridgehead atoms. The van der Waals surface area contributed by atoms with Crippen LogP contribution in [0.4, 0.5) is 18.9 Å². The fourth-order valence-corrected chi connectivity index (χ4v) is 2.57. The number of methoxy groups -OCH3 is 1. The number of anilines is 1. The van der Waals surface area contributed by atoms with E-state index in [1.165, 1.54) is 12.3 Å². The highest BCUT2D eigenvalue weighted by Crippen LogP contribution is 2.36. The Morgan fingerprint density at radius 2 is 1.93 bits per heavy atom. The summed E-state index contributed by atoms with van der Waals surface area (Å²) in [5, 5.41) is 13.8. The Morgan fingerprint density at radius 3 is 2.52 bits per heavy atom. The molecule has 29 heavy (non-hydrogen) atoms. The Balaban J connectivity index is 1.96. The zero-order chi connectivity index (χ0) is 21.4. The van der Waals surface area contributed by atoms with Gasteiger partial charge in [0.15, 0.2) is 0 Å². The van der Waals surface area contributed by atoms with E-state index in [-0.39, 0.29) is 11.3 Å². The van der Waals surface area contributed by atoms with Crippen molar-refractivity contribution in [2.45, 2.75) is 12.6 Å². The molecule has 9 heteroatoms. The van der Waals surface area contributed by atoms with Gasteiger partial charge in [-0.15, -0.1) is 0 Å². The zero-order valence-corrected chi connectivity index (χ0v) is 16.1. The first-order valence-electron chi connectivity index (χ1n) is 8.39. The first-order chi connectivity index (χ1) is 13.7. The lowest BCUT2D eigenvalue weighted by atomic mass is 10.1.